The Labute approximate surface area is 192 Å². The van der Waals surface area contributed by atoms with Crippen molar-refractivity contribution >= 4 is 51.2 Å². The lowest BCUT2D eigenvalue weighted by Crippen LogP contribution is -2.22. The molecule has 0 aliphatic carbocycles. The van der Waals surface area contributed by atoms with E-state index >= 15 is 0 Å². The van der Waals surface area contributed by atoms with Gasteiger partial charge in [-0.15, -0.1) is 10.2 Å². The van der Waals surface area contributed by atoms with Crippen LogP contribution in [0.5, 0.6) is 11.5 Å². The first kappa shape index (κ1) is 23.3. The molecule has 3 rings (SSSR count). The van der Waals surface area contributed by atoms with Crippen LogP contribution in [-0.4, -0.2) is 40.0 Å². The number of hydrogen-bond donors (Lipinski definition) is 2. The van der Waals surface area contributed by atoms with Gasteiger partial charge in [-0.05, 0) is 32.0 Å². The third-order valence-electron chi connectivity index (χ3n) is 4.13. The fraction of sp³-hybridized carbons (Fsp3) is 0.250. The number of non-ortho nitro benzene ring substituents is 1. The number of aromatic nitrogens is 2. The highest BCUT2D eigenvalue weighted by atomic mass is 32.2. The number of ether oxygens (including phenoxy) is 2. The SMILES string of the molecule is CCOc1ccccc1Nc1nnc(S[C@@H](C)C(=O)Nc2cc([N+](=O)[O-])ccc2OC)s1. The summed E-state index contributed by atoms with van der Waals surface area (Å²) in [5.74, 6) is 0.690. The number of nitrogens with one attached hydrogen (secondary N) is 2. The topological polar surface area (TPSA) is 129 Å². The molecule has 0 saturated heterocycles. The maximum atomic E-state index is 12.6. The van der Waals surface area contributed by atoms with Gasteiger partial charge in [0.05, 0.1) is 35.3 Å². The maximum absolute atomic E-state index is 12.6. The van der Waals surface area contributed by atoms with Crippen molar-refractivity contribution in [2.24, 2.45) is 0 Å². The summed E-state index contributed by atoms with van der Waals surface area (Å²) in [6.45, 7) is 4.16. The third-order valence-corrected chi connectivity index (χ3v) is 6.16. The zero-order chi connectivity index (χ0) is 23.1. The van der Waals surface area contributed by atoms with E-state index in [1.54, 1.807) is 6.92 Å². The van der Waals surface area contributed by atoms with Crippen LogP contribution in [0.15, 0.2) is 46.8 Å². The molecular weight excluding hydrogens is 454 g/mol. The molecule has 1 atom stereocenters. The molecule has 1 heterocycles. The number of nitro groups is 1. The van der Waals surface area contributed by atoms with Gasteiger partial charge < -0.3 is 20.1 Å². The van der Waals surface area contributed by atoms with Crippen molar-refractivity contribution in [2.45, 2.75) is 23.4 Å². The zero-order valence-electron chi connectivity index (χ0n) is 17.5. The number of benzene rings is 2. The average molecular weight is 476 g/mol. The summed E-state index contributed by atoms with van der Waals surface area (Å²) in [7, 11) is 1.43. The molecule has 10 nitrogen and oxygen atoms in total. The lowest BCUT2D eigenvalue weighted by atomic mass is 10.2. The van der Waals surface area contributed by atoms with E-state index in [0.717, 1.165) is 5.69 Å². The lowest BCUT2D eigenvalue weighted by Gasteiger charge is -2.13. The van der Waals surface area contributed by atoms with Crippen LogP contribution in [0.3, 0.4) is 0 Å². The first-order valence-corrected chi connectivity index (χ1v) is 11.2. The summed E-state index contributed by atoms with van der Waals surface area (Å²) in [5, 5.41) is 25.2. The lowest BCUT2D eigenvalue weighted by molar-refractivity contribution is -0.384. The minimum absolute atomic E-state index is 0.145. The van der Waals surface area contributed by atoms with Crippen LogP contribution in [0.2, 0.25) is 0 Å². The molecule has 0 radical (unpaired) electrons. The number of nitrogens with zero attached hydrogens (tertiary/aromatic N) is 3. The summed E-state index contributed by atoms with van der Waals surface area (Å²) in [6.07, 6.45) is 0. The second-order valence-electron chi connectivity index (χ2n) is 6.32. The average Bonchev–Trinajstić information content (AvgIpc) is 3.21. The molecule has 0 aliphatic heterocycles. The molecule has 0 saturated carbocycles. The largest absolute Gasteiger partial charge is 0.495 e. The monoisotopic (exact) mass is 475 g/mol. The van der Waals surface area contributed by atoms with Gasteiger partial charge in [0, 0.05) is 12.1 Å². The number of amides is 1. The molecule has 0 aliphatic rings. The van der Waals surface area contributed by atoms with Crippen LogP contribution in [0, 0.1) is 10.1 Å². The molecule has 0 spiro atoms. The Hall–Kier alpha value is -3.38. The van der Waals surface area contributed by atoms with Gasteiger partial charge in [0.25, 0.3) is 5.69 Å². The number of hydrogen-bond acceptors (Lipinski definition) is 10. The van der Waals surface area contributed by atoms with Gasteiger partial charge in [-0.3, -0.25) is 14.9 Å². The van der Waals surface area contributed by atoms with Gasteiger partial charge in [-0.2, -0.15) is 0 Å². The Kier molecular flexibility index (Phi) is 7.84. The Morgan fingerprint density at radius 2 is 2.00 bits per heavy atom. The van der Waals surface area contributed by atoms with Crippen LogP contribution in [0.1, 0.15) is 13.8 Å². The van der Waals surface area contributed by atoms with Gasteiger partial charge >= 0.3 is 0 Å². The third kappa shape index (κ3) is 5.86. The highest BCUT2D eigenvalue weighted by Gasteiger charge is 2.20. The number of nitro benzene ring substituents is 1. The Morgan fingerprint density at radius 1 is 1.22 bits per heavy atom. The molecular formula is C20H21N5O5S2. The normalized spacial score (nSPS) is 11.5. The quantitative estimate of drug-likeness (QED) is 0.243. The molecule has 0 fully saturated rings. The minimum Gasteiger partial charge on any atom is -0.495 e. The van der Waals surface area contributed by atoms with E-state index in [2.05, 4.69) is 20.8 Å². The Balaban J connectivity index is 1.65. The number of methoxy groups -OCH3 is 1. The first-order chi connectivity index (χ1) is 15.4. The van der Waals surface area contributed by atoms with Gasteiger partial charge in [0.1, 0.15) is 11.5 Å². The van der Waals surface area contributed by atoms with Crippen LogP contribution < -0.4 is 20.1 Å². The van der Waals surface area contributed by atoms with Gasteiger partial charge in [0.15, 0.2) is 4.34 Å². The van der Waals surface area contributed by atoms with E-state index in [9.17, 15) is 14.9 Å². The summed E-state index contributed by atoms with van der Waals surface area (Å²) >= 11 is 2.53. The van der Waals surface area contributed by atoms with Crippen molar-refractivity contribution < 1.29 is 19.2 Å². The summed E-state index contributed by atoms with van der Waals surface area (Å²) in [4.78, 5) is 23.1. The summed E-state index contributed by atoms with van der Waals surface area (Å²) in [5.41, 5.74) is 0.852. The fourth-order valence-corrected chi connectivity index (χ4v) is 4.53. The second kappa shape index (κ2) is 10.8. The zero-order valence-corrected chi connectivity index (χ0v) is 19.2. The molecule has 1 amide bonds. The Morgan fingerprint density at radius 3 is 2.72 bits per heavy atom. The summed E-state index contributed by atoms with van der Waals surface area (Å²) < 4.78 is 11.4. The molecule has 12 heteroatoms. The molecule has 168 valence electrons. The van der Waals surface area contributed by atoms with Crippen molar-refractivity contribution in [1.82, 2.24) is 10.2 Å². The smallest absolute Gasteiger partial charge is 0.271 e. The van der Waals surface area contributed by atoms with Crippen molar-refractivity contribution in [2.75, 3.05) is 24.4 Å². The van der Waals surface area contributed by atoms with Crippen molar-refractivity contribution in [3.63, 3.8) is 0 Å². The molecule has 0 bridgehead atoms. The van der Waals surface area contributed by atoms with Crippen LogP contribution in [0.25, 0.3) is 0 Å². The number of carbonyl (C=O) groups is 1. The molecule has 3 aromatic rings. The highest BCUT2D eigenvalue weighted by Crippen LogP contribution is 2.34. The predicted molar refractivity (Wildman–Crippen MR) is 124 cm³/mol. The van der Waals surface area contributed by atoms with E-state index in [-0.39, 0.29) is 17.3 Å². The van der Waals surface area contributed by atoms with E-state index in [0.29, 0.717) is 27.6 Å². The fourth-order valence-electron chi connectivity index (χ4n) is 2.62. The van der Waals surface area contributed by atoms with Gasteiger partial charge in [0.2, 0.25) is 11.0 Å². The molecule has 1 aromatic heterocycles. The molecule has 32 heavy (non-hydrogen) atoms. The van der Waals surface area contributed by atoms with Crippen molar-refractivity contribution in [3.05, 3.63) is 52.6 Å². The molecule has 2 N–H and O–H groups in total. The number of anilines is 3. The van der Waals surface area contributed by atoms with Gasteiger partial charge in [-0.25, -0.2) is 0 Å². The van der Waals surface area contributed by atoms with E-state index in [4.69, 9.17) is 9.47 Å². The number of rotatable bonds is 10. The highest BCUT2D eigenvalue weighted by molar-refractivity contribution is 8.02. The predicted octanol–water partition coefficient (Wildman–Crippen LogP) is 4.72. The van der Waals surface area contributed by atoms with Crippen molar-refractivity contribution in [3.8, 4) is 11.5 Å². The minimum atomic E-state index is -0.535. The van der Waals surface area contributed by atoms with Gasteiger partial charge in [-0.1, -0.05) is 35.2 Å². The van der Waals surface area contributed by atoms with Crippen LogP contribution >= 0.6 is 23.1 Å². The van der Waals surface area contributed by atoms with Crippen molar-refractivity contribution in [1.29, 1.82) is 0 Å². The van der Waals surface area contributed by atoms with E-state index in [1.165, 1.54) is 48.4 Å². The maximum Gasteiger partial charge on any atom is 0.271 e. The van der Waals surface area contributed by atoms with Crippen LogP contribution in [-0.2, 0) is 4.79 Å². The van der Waals surface area contributed by atoms with Crippen LogP contribution in [0.4, 0.5) is 22.2 Å². The molecule has 0 unspecified atom stereocenters. The standard InChI is InChI=1S/C20H21N5O5S2/c1-4-30-17-8-6-5-7-14(17)22-19-23-24-20(32-19)31-12(2)18(26)21-15-11-13(25(27)28)9-10-16(15)29-3/h5-12H,4H2,1-3H3,(H,21,26)(H,22,23)/t12-/m0/s1. The second-order valence-corrected chi connectivity index (χ2v) is 8.88. The first-order valence-electron chi connectivity index (χ1n) is 9.53. The van der Waals surface area contributed by atoms with E-state index < -0.39 is 10.2 Å². The summed E-state index contributed by atoms with van der Waals surface area (Å²) in [6, 6.07) is 11.5. The number of para-hydroxylation sites is 2. The van der Waals surface area contributed by atoms with E-state index in [1.807, 2.05) is 31.2 Å². The molecule has 2 aromatic carbocycles. The number of thioether (sulfide) groups is 1. The number of carbonyl (C=O) groups excluding carboxylic acids is 1. The Bertz CT molecular complexity index is 1110.